The number of piperazine rings is 1. The number of benzene rings is 2. The van der Waals surface area contributed by atoms with E-state index in [9.17, 15) is 27.9 Å². The van der Waals surface area contributed by atoms with Gasteiger partial charge >= 0.3 is 0 Å². The third-order valence-electron chi connectivity index (χ3n) is 12.5. The number of hydrogen-bond donors (Lipinski definition) is 3. The molecule has 4 heterocycles. The van der Waals surface area contributed by atoms with E-state index in [-0.39, 0.29) is 47.6 Å². The number of likely N-dealkylation sites (N-methyl/N-ethyl adjacent to an activating group) is 1. The van der Waals surface area contributed by atoms with Gasteiger partial charge in [-0.3, -0.25) is 23.7 Å². The maximum atomic E-state index is 14.4. The lowest BCUT2D eigenvalue weighted by atomic mass is 9.70. The summed E-state index contributed by atoms with van der Waals surface area (Å²) in [6, 6.07) is 12.4. The number of carbonyl (C=O) groups excluding carboxylic acids is 2. The molecule has 3 aliphatic heterocycles. The molecule has 3 N–H and O–H groups in total. The van der Waals surface area contributed by atoms with E-state index < -0.39 is 15.6 Å². The molecule has 58 heavy (non-hydrogen) atoms. The number of fused-ring (bicyclic) bond motifs is 1. The van der Waals surface area contributed by atoms with Crippen molar-refractivity contribution in [1.82, 2.24) is 24.3 Å². The van der Waals surface area contributed by atoms with E-state index in [2.05, 4.69) is 62.4 Å². The lowest BCUT2D eigenvalue weighted by Gasteiger charge is -2.46. The summed E-state index contributed by atoms with van der Waals surface area (Å²) < 4.78 is 28.9. The molecule has 15 heteroatoms. The smallest absolute Gasteiger partial charge is 0.261 e. The van der Waals surface area contributed by atoms with Crippen LogP contribution in [0.15, 0.2) is 89.9 Å². The highest BCUT2D eigenvalue weighted by molar-refractivity contribution is 7.95. The van der Waals surface area contributed by atoms with Crippen molar-refractivity contribution in [3.05, 3.63) is 95.4 Å². The van der Waals surface area contributed by atoms with Crippen molar-refractivity contribution in [3.63, 3.8) is 0 Å². The molecule has 0 bridgehead atoms. The molecule has 14 nitrogen and oxygen atoms in total. The van der Waals surface area contributed by atoms with Crippen molar-refractivity contribution in [2.24, 2.45) is 23.7 Å². The van der Waals surface area contributed by atoms with Gasteiger partial charge in [-0.2, -0.15) is 0 Å². The highest BCUT2D eigenvalue weighted by Gasteiger charge is 2.44. The van der Waals surface area contributed by atoms with Crippen LogP contribution in [0.1, 0.15) is 32.6 Å². The van der Waals surface area contributed by atoms with E-state index in [1.165, 1.54) is 10.9 Å². The van der Waals surface area contributed by atoms with E-state index in [4.69, 9.17) is 0 Å². The minimum atomic E-state index is -3.72. The number of hydrogen-bond acceptors (Lipinski definition) is 10. The number of sulfonamides is 1. The van der Waals surface area contributed by atoms with Gasteiger partial charge < -0.3 is 30.0 Å². The van der Waals surface area contributed by atoms with Gasteiger partial charge in [-0.1, -0.05) is 49.9 Å². The molecule has 0 saturated carbocycles. The van der Waals surface area contributed by atoms with Gasteiger partial charge in [0.25, 0.3) is 15.6 Å². The molecular formula is C43H56N8O6S. The minimum absolute atomic E-state index is 0.0412. The topological polar surface area (TPSA) is 160 Å². The molecule has 1 aliphatic carbocycles. The van der Waals surface area contributed by atoms with E-state index in [0.717, 1.165) is 37.3 Å². The zero-order valence-corrected chi connectivity index (χ0v) is 34.3. The van der Waals surface area contributed by atoms with Crippen LogP contribution in [0.25, 0.3) is 10.9 Å². The summed E-state index contributed by atoms with van der Waals surface area (Å²) in [7, 11) is -1.62. The third-order valence-corrected chi connectivity index (χ3v) is 13.4. The number of anilines is 3. The number of rotatable bonds is 12. The summed E-state index contributed by atoms with van der Waals surface area (Å²) in [6.45, 7) is 12.1. The Hall–Kier alpha value is -4.83. The Balaban J connectivity index is 0.984. The molecule has 3 aromatic rings. The molecule has 4 aliphatic rings. The first-order valence-electron chi connectivity index (χ1n) is 20.4. The number of aliphatic hydroxyl groups is 1. The van der Waals surface area contributed by atoms with Gasteiger partial charge in [0.1, 0.15) is 0 Å². The van der Waals surface area contributed by atoms with Gasteiger partial charge in [-0.25, -0.2) is 13.4 Å². The number of allylic oxidation sites excluding steroid dienone is 4. The van der Waals surface area contributed by atoms with Crippen molar-refractivity contribution in [1.29, 1.82) is 0 Å². The summed E-state index contributed by atoms with van der Waals surface area (Å²) >= 11 is 0. The minimum Gasteiger partial charge on any atom is -0.388 e. The van der Waals surface area contributed by atoms with E-state index in [1.807, 2.05) is 29.2 Å². The zero-order chi connectivity index (χ0) is 41.0. The SMILES string of the molecule is C=CS(=O)(=O)Nc1ccccc1N1CCC(C(=O)N2CCC(O)(Cn3cnc4cc(NC(=O)CCN5CCN(C)CC5)ccc4c3=O)CC2)[C@H](C2C=CC=CC2C)C1. The van der Waals surface area contributed by atoms with Crippen LogP contribution in [0.2, 0.25) is 0 Å². The molecule has 310 valence electrons. The normalized spacial score (nSPS) is 24.1. The van der Waals surface area contributed by atoms with Crippen LogP contribution < -0.4 is 20.5 Å². The zero-order valence-electron chi connectivity index (χ0n) is 33.5. The second-order valence-electron chi connectivity index (χ2n) is 16.4. The average molecular weight is 813 g/mol. The molecule has 7 rings (SSSR count). The molecule has 3 saturated heterocycles. The van der Waals surface area contributed by atoms with Gasteiger partial charge in [0.2, 0.25) is 11.8 Å². The highest BCUT2D eigenvalue weighted by atomic mass is 32.2. The van der Waals surface area contributed by atoms with Gasteiger partial charge in [-0.05, 0) is 74.4 Å². The Morgan fingerprint density at radius 3 is 2.50 bits per heavy atom. The molecule has 1 aromatic heterocycles. The standard InChI is InChI=1S/C43H56N8O6S/c1-4-58(56,57)46-37-11-7-8-12-39(37)50-20-15-34(36(28-50)33-10-6-5-9-31(33)2)41(53)49-21-17-43(55,18-22-49)29-51-30-44-38-27-32(13-14-35(38)42(51)54)45-40(52)16-19-48-25-23-47(3)24-26-48/h4-14,27,30-31,33-34,36,46,55H,1,15-26,28-29H2,2-3H3,(H,45,52)/t31?,33?,34?,36-/m0/s1. The summed E-state index contributed by atoms with van der Waals surface area (Å²) in [5.74, 6) is -0.0123. The second-order valence-corrected chi connectivity index (χ2v) is 18.1. The lowest BCUT2D eigenvalue weighted by Crippen LogP contribution is -2.54. The number of para-hydroxylation sites is 2. The molecule has 2 aromatic carbocycles. The van der Waals surface area contributed by atoms with Crippen molar-refractivity contribution >= 4 is 49.8 Å². The molecule has 0 radical (unpaired) electrons. The molecule has 0 spiro atoms. The third kappa shape index (κ3) is 9.54. The summed E-state index contributed by atoms with van der Waals surface area (Å²) in [4.78, 5) is 53.9. The Bertz CT molecular complexity index is 2220. The fourth-order valence-electron chi connectivity index (χ4n) is 8.95. The monoisotopic (exact) mass is 812 g/mol. The van der Waals surface area contributed by atoms with Crippen molar-refractivity contribution in [2.75, 3.05) is 80.9 Å². The molecular weight excluding hydrogens is 757 g/mol. The van der Waals surface area contributed by atoms with Crippen LogP contribution in [0.5, 0.6) is 0 Å². The fraction of sp³-hybridized carbons (Fsp3) is 0.488. The van der Waals surface area contributed by atoms with Crippen molar-refractivity contribution in [2.45, 2.75) is 44.8 Å². The number of nitrogens with zero attached hydrogens (tertiary/aromatic N) is 6. The fourth-order valence-corrected chi connectivity index (χ4v) is 9.51. The van der Waals surface area contributed by atoms with Crippen LogP contribution in [-0.4, -0.2) is 121 Å². The van der Waals surface area contributed by atoms with Crippen LogP contribution in [0, 0.1) is 23.7 Å². The second kappa shape index (κ2) is 17.6. The number of nitrogens with one attached hydrogen (secondary N) is 2. The molecule has 3 unspecified atom stereocenters. The number of likely N-dealkylation sites (tertiary alicyclic amines) is 1. The summed E-state index contributed by atoms with van der Waals surface area (Å²) in [6.07, 6.45) is 11.5. The van der Waals surface area contributed by atoms with Crippen molar-refractivity contribution < 1.29 is 23.1 Å². The van der Waals surface area contributed by atoms with Gasteiger partial charge in [-0.15, -0.1) is 0 Å². The van der Waals surface area contributed by atoms with E-state index in [1.54, 1.807) is 30.3 Å². The first-order valence-corrected chi connectivity index (χ1v) is 21.9. The number of carbonyl (C=O) groups is 2. The summed E-state index contributed by atoms with van der Waals surface area (Å²) in [5.41, 5.74) is 0.787. The Labute approximate surface area is 340 Å². The van der Waals surface area contributed by atoms with Crippen LogP contribution >= 0.6 is 0 Å². The van der Waals surface area contributed by atoms with E-state index in [0.29, 0.717) is 80.7 Å². The quantitative estimate of drug-likeness (QED) is 0.246. The van der Waals surface area contributed by atoms with Crippen LogP contribution in [0.3, 0.4) is 0 Å². The first kappa shape index (κ1) is 41.3. The Morgan fingerprint density at radius 1 is 1.02 bits per heavy atom. The Kier molecular flexibility index (Phi) is 12.5. The van der Waals surface area contributed by atoms with Gasteiger partial charge in [0.05, 0.1) is 40.8 Å². The van der Waals surface area contributed by atoms with Crippen molar-refractivity contribution in [3.8, 4) is 0 Å². The van der Waals surface area contributed by atoms with E-state index >= 15 is 0 Å². The highest BCUT2D eigenvalue weighted by Crippen LogP contribution is 2.41. The summed E-state index contributed by atoms with van der Waals surface area (Å²) in [5, 5.41) is 16.0. The number of piperidine rings is 2. The molecule has 4 atom stereocenters. The van der Waals surface area contributed by atoms with Gasteiger partial charge in [0.15, 0.2) is 0 Å². The molecule has 2 amide bonds. The number of aromatic nitrogens is 2. The lowest BCUT2D eigenvalue weighted by molar-refractivity contribution is -0.143. The Morgan fingerprint density at radius 2 is 1.76 bits per heavy atom. The maximum absolute atomic E-state index is 14.4. The van der Waals surface area contributed by atoms with Crippen LogP contribution in [-0.2, 0) is 26.2 Å². The maximum Gasteiger partial charge on any atom is 0.261 e. The number of amides is 2. The predicted molar refractivity (Wildman–Crippen MR) is 228 cm³/mol. The predicted octanol–water partition coefficient (Wildman–Crippen LogP) is 3.73. The van der Waals surface area contributed by atoms with Crippen LogP contribution in [0.4, 0.5) is 17.1 Å². The first-order chi connectivity index (χ1) is 27.8. The average Bonchev–Trinajstić information content (AvgIpc) is 3.22. The molecule has 3 fully saturated rings. The largest absolute Gasteiger partial charge is 0.388 e. The van der Waals surface area contributed by atoms with Gasteiger partial charge in [0, 0.05) is 82.3 Å².